The van der Waals surface area contributed by atoms with Gasteiger partial charge in [-0.15, -0.1) is 0 Å². The maximum Gasteiger partial charge on any atom is 0.341 e. The largest absolute Gasteiger partial charge is 0.482 e. The van der Waals surface area contributed by atoms with Crippen LogP contribution in [0.4, 0.5) is 0 Å². The summed E-state index contributed by atoms with van der Waals surface area (Å²) < 4.78 is 11.8. The first-order valence-corrected chi connectivity index (χ1v) is 11.2. The normalized spacial score (nSPS) is 13.2. The summed E-state index contributed by atoms with van der Waals surface area (Å²) in [5.41, 5.74) is 5.72. The second kappa shape index (κ2) is 9.63. The number of ether oxygens (including phenoxy) is 1. The fraction of sp³-hybridized carbons (Fsp3) is 0.103. The molecule has 0 saturated heterocycles. The molecule has 1 heterocycles. The van der Waals surface area contributed by atoms with E-state index in [1.54, 1.807) is 6.07 Å². The third kappa shape index (κ3) is 4.55. The highest BCUT2D eigenvalue weighted by Crippen LogP contribution is 2.39. The van der Waals surface area contributed by atoms with Crippen LogP contribution in [0, 0.1) is 0 Å². The fourth-order valence-electron chi connectivity index (χ4n) is 4.10. The molecular formula is C29H23NO4. The molecule has 5 rings (SSSR count). The van der Waals surface area contributed by atoms with Gasteiger partial charge < -0.3 is 14.3 Å². The summed E-state index contributed by atoms with van der Waals surface area (Å²) in [4.78, 5) is 15.9. The van der Waals surface area contributed by atoms with Crippen molar-refractivity contribution in [1.82, 2.24) is 4.98 Å². The third-order valence-corrected chi connectivity index (χ3v) is 5.66. The van der Waals surface area contributed by atoms with Gasteiger partial charge in [0.15, 0.2) is 12.4 Å². The number of rotatable bonds is 7. The van der Waals surface area contributed by atoms with E-state index in [1.165, 1.54) is 0 Å². The van der Waals surface area contributed by atoms with Crippen molar-refractivity contribution in [2.24, 2.45) is 0 Å². The van der Waals surface area contributed by atoms with Gasteiger partial charge in [0, 0.05) is 16.7 Å². The standard InChI is InChI=1S/C29H23NO4/c31-26(32)19-33-23-15-9-14-22(18-23)24-16-7-8-17-25(24)29-30-27(20-10-3-1-4-11-20)28(34-29)21-12-5-2-6-13-21/h1-6,8-15,17-18H,7,16,19H2,(H,31,32). The molecule has 1 aromatic heterocycles. The number of aromatic nitrogens is 1. The van der Waals surface area contributed by atoms with E-state index in [2.05, 4.69) is 12.2 Å². The first kappa shape index (κ1) is 21.5. The summed E-state index contributed by atoms with van der Waals surface area (Å²) in [5.74, 6) is 0.794. The van der Waals surface area contributed by atoms with Crippen LogP contribution in [-0.4, -0.2) is 22.7 Å². The van der Waals surface area contributed by atoms with Gasteiger partial charge in [-0.25, -0.2) is 9.78 Å². The summed E-state index contributed by atoms with van der Waals surface area (Å²) >= 11 is 0. The van der Waals surface area contributed by atoms with E-state index in [0.717, 1.165) is 52.1 Å². The van der Waals surface area contributed by atoms with Crippen molar-refractivity contribution in [2.45, 2.75) is 12.8 Å². The molecule has 0 fully saturated rings. The number of benzene rings is 3. The van der Waals surface area contributed by atoms with Crippen LogP contribution in [0.2, 0.25) is 0 Å². The number of allylic oxidation sites excluding steroid dienone is 4. The minimum absolute atomic E-state index is 0.379. The van der Waals surface area contributed by atoms with Crippen molar-refractivity contribution in [2.75, 3.05) is 6.61 Å². The van der Waals surface area contributed by atoms with E-state index in [4.69, 9.17) is 19.2 Å². The van der Waals surface area contributed by atoms with Crippen LogP contribution in [-0.2, 0) is 4.79 Å². The summed E-state index contributed by atoms with van der Waals surface area (Å²) in [6.07, 6.45) is 5.89. The lowest BCUT2D eigenvalue weighted by atomic mass is 9.91. The Hall–Kier alpha value is -4.38. The number of hydrogen-bond donors (Lipinski definition) is 1. The Morgan fingerprint density at radius 2 is 1.62 bits per heavy atom. The van der Waals surface area contributed by atoms with Gasteiger partial charge in [-0.3, -0.25) is 0 Å². The van der Waals surface area contributed by atoms with Crippen molar-refractivity contribution in [3.8, 4) is 28.3 Å². The first-order chi connectivity index (χ1) is 16.7. The number of oxazole rings is 1. The van der Waals surface area contributed by atoms with Crippen LogP contribution in [0.1, 0.15) is 24.3 Å². The Labute approximate surface area is 197 Å². The summed E-state index contributed by atoms with van der Waals surface area (Å²) in [6, 6.07) is 27.5. The minimum Gasteiger partial charge on any atom is -0.482 e. The molecule has 5 heteroatoms. The molecule has 0 unspecified atom stereocenters. The van der Waals surface area contributed by atoms with Crippen molar-refractivity contribution >= 4 is 17.1 Å². The van der Waals surface area contributed by atoms with E-state index in [0.29, 0.717) is 11.6 Å². The topological polar surface area (TPSA) is 72.6 Å². The van der Waals surface area contributed by atoms with Gasteiger partial charge in [-0.1, -0.05) is 84.9 Å². The fourth-order valence-corrected chi connectivity index (χ4v) is 4.10. The number of carboxylic acid groups (broad SMARTS) is 1. The van der Waals surface area contributed by atoms with Crippen molar-refractivity contribution in [1.29, 1.82) is 0 Å². The number of nitrogens with zero attached hydrogens (tertiary/aromatic N) is 1. The van der Waals surface area contributed by atoms with Crippen LogP contribution in [0.3, 0.4) is 0 Å². The third-order valence-electron chi connectivity index (χ3n) is 5.66. The predicted octanol–water partition coefficient (Wildman–Crippen LogP) is 6.73. The van der Waals surface area contributed by atoms with Crippen LogP contribution in [0.5, 0.6) is 5.75 Å². The van der Waals surface area contributed by atoms with Crippen LogP contribution in [0.25, 0.3) is 33.7 Å². The van der Waals surface area contributed by atoms with Gasteiger partial charge in [0.1, 0.15) is 11.4 Å². The molecule has 0 aliphatic heterocycles. The number of aliphatic carboxylic acids is 1. The maximum absolute atomic E-state index is 10.9. The number of carboxylic acids is 1. The maximum atomic E-state index is 10.9. The summed E-state index contributed by atoms with van der Waals surface area (Å²) in [5, 5.41) is 8.94. The average molecular weight is 450 g/mol. The Morgan fingerprint density at radius 1 is 0.912 bits per heavy atom. The van der Waals surface area contributed by atoms with Crippen molar-refractivity contribution in [3.63, 3.8) is 0 Å². The molecule has 3 aromatic carbocycles. The Kier molecular flexibility index (Phi) is 6.08. The highest BCUT2D eigenvalue weighted by atomic mass is 16.5. The van der Waals surface area contributed by atoms with E-state index >= 15 is 0 Å². The summed E-state index contributed by atoms with van der Waals surface area (Å²) in [6.45, 7) is -0.379. The molecule has 1 aliphatic carbocycles. The molecule has 0 radical (unpaired) electrons. The highest BCUT2D eigenvalue weighted by molar-refractivity contribution is 5.95. The highest BCUT2D eigenvalue weighted by Gasteiger charge is 2.22. The van der Waals surface area contributed by atoms with Crippen LogP contribution >= 0.6 is 0 Å². The van der Waals surface area contributed by atoms with E-state index in [9.17, 15) is 4.79 Å². The first-order valence-electron chi connectivity index (χ1n) is 11.2. The molecule has 5 nitrogen and oxygen atoms in total. The van der Waals surface area contributed by atoms with Crippen molar-refractivity contribution < 1.29 is 19.1 Å². The molecule has 0 atom stereocenters. The molecule has 168 valence electrons. The summed E-state index contributed by atoms with van der Waals surface area (Å²) in [7, 11) is 0. The molecule has 0 saturated carbocycles. The molecule has 34 heavy (non-hydrogen) atoms. The lowest BCUT2D eigenvalue weighted by molar-refractivity contribution is -0.139. The Morgan fingerprint density at radius 3 is 2.35 bits per heavy atom. The van der Waals surface area contributed by atoms with Gasteiger partial charge in [-0.05, 0) is 36.1 Å². The van der Waals surface area contributed by atoms with Gasteiger partial charge in [0.25, 0.3) is 0 Å². The van der Waals surface area contributed by atoms with Gasteiger partial charge in [-0.2, -0.15) is 0 Å². The average Bonchev–Trinajstić information content (AvgIpc) is 3.34. The lowest BCUT2D eigenvalue weighted by Crippen LogP contribution is -2.09. The molecule has 0 amide bonds. The van der Waals surface area contributed by atoms with E-state index in [-0.39, 0.29) is 6.61 Å². The second-order valence-electron chi connectivity index (χ2n) is 7.97. The van der Waals surface area contributed by atoms with Gasteiger partial charge in [0.05, 0.1) is 0 Å². The molecule has 4 aromatic rings. The molecule has 0 bridgehead atoms. The molecule has 1 aliphatic rings. The zero-order chi connectivity index (χ0) is 23.3. The van der Waals surface area contributed by atoms with E-state index in [1.807, 2.05) is 78.9 Å². The van der Waals surface area contributed by atoms with Crippen LogP contribution < -0.4 is 4.74 Å². The monoisotopic (exact) mass is 449 g/mol. The zero-order valence-electron chi connectivity index (χ0n) is 18.5. The predicted molar refractivity (Wildman–Crippen MR) is 132 cm³/mol. The van der Waals surface area contributed by atoms with Crippen molar-refractivity contribution in [3.05, 3.63) is 109 Å². The Balaban J connectivity index is 1.62. The number of hydrogen-bond acceptors (Lipinski definition) is 4. The van der Waals surface area contributed by atoms with E-state index < -0.39 is 5.97 Å². The molecular weight excluding hydrogens is 426 g/mol. The minimum atomic E-state index is -1.01. The zero-order valence-corrected chi connectivity index (χ0v) is 18.5. The van der Waals surface area contributed by atoms with Gasteiger partial charge >= 0.3 is 5.97 Å². The number of carbonyl (C=O) groups is 1. The molecule has 1 N–H and O–H groups in total. The quantitative estimate of drug-likeness (QED) is 0.339. The van der Waals surface area contributed by atoms with Crippen LogP contribution in [0.15, 0.2) is 101 Å². The smallest absolute Gasteiger partial charge is 0.341 e. The SMILES string of the molecule is O=C(O)COc1cccc(C2=C(c3nc(-c4ccccc4)c(-c4ccccc4)o3)C=CCC2)c1. The van der Waals surface area contributed by atoms with Gasteiger partial charge in [0.2, 0.25) is 5.89 Å². The second-order valence-corrected chi connectivity index (χ2v) is 7.97. The lowest BCUT2D eigenvalue weighted by Gasteiger charge is -2.15. The Bertz CT molecular complexity index is 1310. The molecule has 0 spiro atoms.